The minimum absolute atomic E-state index is 0.0843. The van der Waals surface area contributed by atoms with Gasteiger partial charge in [-0.25, -0.2) is 9.78 Å². The molecule has 0 saturated carbocycles. The van der Waals surface area contributed by atoms with Gasteiger partial charge < -0.3 is 25.2 Å². The Labute approximate surface area is 356 Å². The van der Waals surface area contributed by atoms with Crippen LogP contribution in [0, 0.1) is 11.3 Å². The molecule has 0 radical (unpaired) electrons. The van der Waals surface area contributed by atoms with Gasteiger partial charge in [0.15, 0.2) is 0 Å². The highest BCUT2D eigenvalue weighted by Gasteiger charge is 2.36. The number of carbonyl (C=O) groups excluding carboxylic acids is 2. The van der Waals surface area contributed by atoms with Crippen LogP contribution >= 0.6 is 23.2 Å². The number of amides is 2. The number of hydrogen-bond acceptors (Lipinski definition) is 8. The van der Waals surface area contributed by atoms with Gasteiger partial charge in [0, 0.05) is 36.8 Å². The van der Waals surface area contributed by atoms with Crippen LogP contribution in [-0.4, -0.2) is 44.9 Å². The van der Waals surface area contributed by atoms with Crippen molar-refractivity contribution in [2.45, 2.75) is 50.7 Å². The maximum absolute atomic E-state index is 14.2. The van der Waals surface area contributed by atoms with Crippen LogP contribution in [0.4, 0.5) is 5.69 Å². The third kappa shape index (κ3) is 9.12. The summed E-state index contributed by atoms with van der Waals surface area (Å²) in [5, 5.41) is 25.8. The molecule has 2 aliphatic heterocycles. The number of nitrogens with one attached hydrogen (secondary N) is 2. The molecular formula is C47H37Cl2N5O6. The molecule has 3 N–H and O–H groups in total. The van der Waals surface area contributed by atoms with E-state index in [0.29, 0.717) is 46.4 Å². The quantitative estimate of drug-likeness (QED) is 0.103. The lowest BCUT2D eigenvalue weighted by Gasteiger charge is -2.37. The van der Waals surface area contributed by atoms with Gasteiger partial charge in [0.2, 0.25) is 12.0 Å². The molecule has 0 spiro atoms. The average molecular weight is 839 g/mol. The van der Waals surface area contributed by atoms with Crippen LogP contribution in [0.15, 0.2) is 128 Å². The SMILES string of the molecule is N#Cc1ccc(-c2ccc(C[C@H](NC(=O)C3Cc4cc5c(cc4CN3Cc3ccccc3)O[C@@H](c3ccc(OCc4cnc(Cl)c(Cl)c4)cc3)C(=O)N5)C(=O)O)cc2)cc1. The Morgan fingerprint density at radius 3 is 2.32 bits per heavy atom. The molecule has 0 saturated heterocycles. The molecule has 0 aliphatic carbocycles. The highest BCUT2D eigenvalue weighted by Crippen LogP contribution is 2.40. The van der Waals surface area contributed by atoms with E-state index in [0.717, 1.165) is 38.9 Å². The number of aliphatic carboxylic acids is 1. The van der Waals surface area contributed by atoms with E-state index in [-0.39, 0.29) is 30.5 Å². The molecular weight excluding hydrogens is 801 g/mol. The van der Waals surface area contributed by atoms with Crippen molar-refractivity contribution >= 4 is 46.7 Å². The van der Waals surface area contributed by atoms with E-state index in [4.69, 9.17) is 37.9 Å². The highest BCUT2D eigenvalue weighted by atomic mass is 35.5. The van der Waals surface area contributed by atoms with E-state index < -0.39 is 30.1 Å². The number of carbonyl (C=O) groups is 3. The Bertz CT molecular complexity index is 2600. The predicted molar refractivity (Wildman–Crippen MR) is 227 cm³/mol. The summed E-state index contributed by atoms with van der Waals surface area (Å²) in [5.74, 6) is -0.807. The number of anilines is 1. The van der Waals surface area contributed by atoms with E-state index in [1.807, 2.05) is 83.8 Å². The van der Waals surface area contributed by atoms with Crippen LogP contribution in [0.1, 0.15) is 45.0 Å². The number of carboxylic acids is 1. The molecule has 8 rings (SSSR count). The number of carboxylic acid groups (broad SMARTS) is 1. The van der Waals surface area contributed by atoms with E-state index in [1.165, 1.54) is 0 Å². The zero-order valence-corrected chi connectivity index (χ0v) is 33.5. The molecule has 300 valence electrons. The van der Waals surface area contributed by atoms with Crippen LogP contribution in [0.2, 0.25) is 10.2 Å². The number of ether oxygens (including phenoxy) is 2. The number of nitriles is 1. The molecule has 3 atom stereocenters. The van der Waals surface area contributed by atoms with Crippen molar-refractivity contribution in [2.24, 2.45) is 0 Å². The molecule has 1 unspecified atom stereocenters. The van der Waals surface area contributed by atoms with Crippen molar-refractivity contribution in [1.29, 1.82) is 5.26 Å². The van der Waals surface area contributed by atoms with Crippen LogP contribution in [0.3, 0.4) is 0 Å². The monoisotopic (exact) mass is 837 g/mol. The van der Waals surface area contributed by atoms with Crippen molar-refractivity contribution in [3.63, 3.8) is 0 Å². The summed E-state index contributed by atoms with van der Waals surface area (Å²) < 4.78 is 12.2. The summed E-state index contributed by atoms with van der Waals surface area (Å²) in [6, 6.07) is 37.3. The number of halogens is 2. The van der Waals surface area contributed by atoms with E-state index in [2.05, 4.69) is 21.7 Å². The number of fused-ring (bicyclic) bond motifs is 2. The first kappa shape index (κ1) is 40.1. The second-order valence-electron chi connectivity index (χ2n) is 14.7. The van der Waals surface area contributed by atoms with Crippen LogP contribution in [-0.2, 0) is 46.9 Å². The highest BCUT2D eigenvalue weighted by molar-refractivity contribution is 6.41. The molecule has 13 heteroatoms. The Morgan fingerprint density at radius 1 is 0.917 bits per heavy atom. The molecule has 5 aromatic carbocycles. The second kappa shape index (κ2) is 17.6. The maximum Gasteiger partial charge on any atom is 0.326 e. The van der Waals surface area contributed by atoms with Gasteiger partial charge in [0.1, 0.15) is 29.3 Å². The zero-order valence-electron chi connectivity index (χ0n) is 32.0. The lowest BCUT2D eigenvalue weighted by Crippen LogP contribution is -2.54. The first-order chi connectivity index (χ1) is 29.1. The topological polar surface area (TPSA) is 154 Å². The third-order valence-corrected chi connectivity index (χ3v) is 11.3. The Balaban J connectivity index is 0.972. The fraction of sp³-hybridized carbons (Fsp3) is 0.170. The Kier molecular flexibility index (Phi) is 11.8. The third-order valence-electron chi connectivity index (χ3n) is 10.6. The van der Waals surface area contributed by atoms with Gasteiger partial charge in [-0.15, -0.1) is 0 Å². The number of aromatic nitrogens is 1. The molecule has 2 aliphatic rings. The van der Waals surface area contributed by atoms with Gasteiger partial charge in [-0.2, -0.15) is 5.26 Å². The van der Waals surface area contributed by atoms with Crippen LogP contribution in [0.25, 0.3) is 11.1 Å². The van der Waals surface area contributed by atoms with Crippen molar-refractivity contribution in [2.75, 3.05) is 5.32 Å². The maximum atomic E-state index is 14.2. The molecule has 1 aromatic heterocycles. The molecule has 11 nitrogen and oxygen atoms in total. The standard InChI is InChI=1S/C47H37Cl2N5O6/c48-38-18-31(24-51-44(38)49)27-59-37-16-14-34(15-17-37)43-46(56)52-39-20-35-21-41(54(25-30-4-2-1-3-5-30)26-36(35)22-42(39)60-43)45(55)53-40(47(57)58)19-28-6-10-32(11-7-28)33-12-8-29(23-50)9-13-33/h1-18,20,22,24,40-41,43H,19,21,25-27H2,(H,52,56)(H,53,55)(H,57,58)/t40-,41?,43-/m0/s1. The lowest BCUT2D eigenvalue weighted by molar-refractivity contribution is -0.142. The van der Waals surface area contributed by atoms with Crippen molar-refractivity contribution in [3.05, 3.63) is 177 Å². The summed E-state index contributed by atoms with van der Waals surface area (Å²) in [6.45, 7) is 1.05. The van der Waals surface area contributed by atoms with Crippen molar-refractivity contribution in [1.82, 2.24) is 15.2 Å². The average Bonchev–Trinajstić information content (AvgIpc) is 3.26. The fourth-order valence-corrected chi connectivity index (χ4v) is 7.72. The molecule has 0 bridgehead atoms. The lowest BCUT2D eigenvalue weighted by atomic mass is 9.91. The zero-order chi connectivity index (χ0) is 41.8. The largest absolute Gasteiger partial charge is 0.489 e. The summed E-state index contributed by atoms with van der Waals surface area (Å²) in [4.78, 5) is 46.2. The fourth-order valence-electron chi connectivity index (χ4n) is 7.43. The van der Waals surface area contributed by atoms with Gasteiger partial charge in [0.05, 0.1) is 28.4 Å². The van der Waals surface area contributed by atoms with Crippen LogP contribution < -0.4 is 20.1 Å². The minimum Gasteiger partial charge on any atom is -0.489 e. The summed E-state index contributed by atoms with van der Waals surface area (Å²) >= 11 is 12.0. The molecule has 6 aromatic rings. The van der Waals surface area contributed by atoms with Gasteiger partial charge >= 0.3 is 5.97 Å². The van der Waals surface area contributed by atoms with E-state index in [9.17, 15) is 19.5 Å². The second-order valence-corrected chi connectivity index (χ2v) is 15.4. The first-order valence-electron chi connectivity index (χ1n) is 19.2. The first-order valence-corrected chi connectivity index (χ1v) is 19.9. The van der Waals surface area contributed by atoms with Gasteiger partial charge in [-0.05, 0) is 82.3 Å². The van der Waals surface area contributed by atoms with Gasteiger partial charge in [0.25, 0.3) is 5.91 Å². The molecule has 2 amide bonds. The Hall–Kier alpha value is -6.71. The Morgan fingerprint density at radius 2 is 1.63 bits per heavy atom. The molecule has 0 fully saturated rings. The van der Waals surface area contributed by atoms with Gasteiger partial charge in [-0.3, -0.25) is 14.5 Å². The number of nitrogens with zero attached hydrogens (tertiary/aromatic N) is 3. The molecule has 60 heavy (non-hydrogen) atoms. The smallest absolute Gasteiger partial charge is 0.326 e. The molecule has 3 heterocycles. The van der Waals surface area contributed by atoms with Gasteiger partial charge in [-0.1, -0.05) is 102 Å². The number of pyridine rings is 1. The van der Waals surface area contributed by atoms with Crippen molar-refractivity contribution < 1.29 is 29.0 Å². The van der Waals surface area contributed by atoms with E-state index >= 15 is 0 Å². The normalized spacial score (nSPS) is 16.2. The summed E-state index contributed by atoms with van der Waals surface area (Å²) in [5.41, 5.74) is 7.83. The number of rotatable bonds is 12. The summed E-state index contributed by atoms with van der Waals surface area (Å²) in [6.07, 6.45) is 1.05. The predicted octanol–water partition coefficient (Wildman–Crippen LogP) is 8.32. The minimum atomic E-state index is -1.17. The van der Waals surface area contributed by atoms with Crippen LogP contribution in [0.5, 0.6) is 11.5 Å². The number of benzene rings is 5. The van der Waals surface area contributed by atoms with E-state index in [1.54, 1.807) is 48.7 Å². The number of hydrogen-bond donors (Lipinski definition) is 3. The summed E-state index contributed by atoms with van der Waals surface area (Å²) in [7, 11) is 0. The van der Waals surface area contributed by atoms with Crippen molar-refractivity contribution in [3.8, 4) is 28.7 Å².